The fourth-order valence-corrected chi connectivity index (χ4v) is 2.49. The molecule has 0 fully saturated rings. The van der Waals surface area contributed by atoms with Crippen LogP contribution in [-0.4, -0.2) is 16.5 Å². The highest BCUT2D eigenvalue weighted by atomic mass is 35.5. The van der Waals surface area contributed by atoms with Crippen molar-refractivity contribution in [2.45, 2.75) is 32.7 Å². The molecule has 2 rings (SSSR count). The van der Waals surface area contributed by atoms with E-state index in [4.69, 9.17) is 23.2 Å². The summed E-state index contributed by atoms with van der Waals surface area (Å²) in [5, 5.41) is 4.69. The molecule has 21 heavy (non-hydrogen) atoms. The Bertz CT molecular complexity index is 602. The van der Waals surface area contributed by atoms with Gasteiger partial charge in [-0.1, -0.05) is 36.2 Å². The number of nitrogens with one attached hydrogen (secondary N) is 1. The van der Waals surface area contributed by atoms with Crippen LogP contribution in [0.2, 0.25) is 10.0 Å². The van der Waals surface area contributed by atoms with Gasteiger partial charge in [-0.05, 0) is 50.1 Å². The number of hydrogen-bond acceptors (Lipinski definition) is 3. The average Bonchev–Trinajstić information content (AvgIpc) is 2.47. The molecule has 5 heteroatoms. The molecule has 0 aliphatic carbocycles. The van der Waals surface area contributed by atoms with Gasteiger partial charge in [-0.15, -0.1) is 0 Å². The van der Waals surface area contributed by atoms with Crippen LogP contribution < -0.4 is 5.32 Å². The molecule has 1 unspecified atom stereocenters. The molecular formula is C16H19Cl2N3. The highest BCUT2D eigenvalue weighted by molar-refractivity contribution is 6.42. The lowest BCUT2D eigenvalue weighted by molar-refractivity contribution is 0.515. The molecular weight excluding hydrogens is 305 g/mol. The van der Waals surface area contributed by atoms with Gasteiger partial charge in [0.05, 0.1) is 21.8 Å². The van der Waals surface area contributed by atoms with Crippen LogP contribution in [0, 0.1) is 6.92 Å². The van der Waals surface area contributed by atoms with E-state index in [1.807, 2.05) is 31.2 Å². The van der Waals surface area contributed by atoms with Crippen molar-refractivity contribution in [3.8, 4) is 0 Å². The van der Waals surface area contributed by atoms with Crippen molar-refractivity contribution in [3.05, 3.63) is 57.6 Å². The third kappa shape index (κ3) is 4.67. The molecule has 1 heterocycles. The summed E-state index contributed by atoms with van der Waals surface area (Å²) >= 11 is 12.1. The van der Waals surface area contributed by atoms with Gasteiger partial charge in [0.25, 0.3) is 0 Å². The maximum absolute atomic E-state index is 6.09. The molecule has 0 bridgehead atoms. The molecule has 0 aliphatic heterocycles. The van der Waals surface area contributed by atoms with Crippen molar-refractivity contribution in [1.82, 2.24) is 15.3 Å². The molecule has 1 N–H and O–H groups in total. The molecule has 0 amide bonds. The normalized spacial score (nSPS) is 12.4. The van der Waals surface area contributed by atoms with Crippen molar-refractivity contribution < 1.29 is 0 Å². The zero-order chi connectivity index (χ0) is 15.2. The lowest BCUT2D eigenvalue weighted by atomic mass is 10.0. The van der Waals surface area contributed by atoms with Gasteiger partial charge in [-0.2, -0.15) is 0 Å². The first kappa shape index (κ1) is 16.2. The summed E-state index contributed by atoms with van der Waals surface area (Å²) in [7, 11) is 0. The van der Waals surface area contributed by atoms with Crippen molar-refractivity contribution in [3.63, 3.8) is 0 Å². The molecule has 0 spiro atoms. The summed E-state index contributed by atoms with van der Waals surface area (Å²) < 4.78 is 0. The van der Waals surface area contributed by atoms with E-state index in [1.165, 1.54) is 0 Å². The maximum atomic E-state index is 6.09. The highest BCUT2D eigenvalue weighted by Gasteiger charge is 2.14. The quantitative estimate of drug-likeness (QED) is 0.857. The van der Waals surface area contributed by atoms with Crippen LogP contribution in [0.1, 0.15) is 36.5 Å². The first-order valence-corrected chi connectivity index (χ1v) is 7.82. The Kier molecular flexibility index (Phi) is 5.97. The second-order valence-corrected chi connectivity index (χ2v) is 5.80. The summed E-state index contributed by atoms with van der Waals surface area (Å²) in [6.45, 7) is 4.99. The summed E-state index contributed by atoms with van der Waals surface area (Å²) in [6.07, 6.45) is 3.68. The van der Waals surface area contributed by atoms with Crippen LogP contribution in [0.3, 0.4) is 0 Å². The lowest BCUT2D eigenvalue weighted by Gasteiger charge is -2.18. The van der Waals surface area contributed by atoms with Crippen molar-refractivity contribution >= 4 is 23.2 Å². The zero-order valence-corrected chi connectivity index (χ0v) is 13.7. The second kappa shape index (κ2) is 7.74. The Morgan fingerprint density at radius 2 is 2.00 bits per heavy atom. The Morgan fingerprint density at radius 3 is 2.67 bits per heavy atom. The van der Waals surface area contributed by atoms with E-state index in [0.29, 0.717) is 10.0 Å². The van der Waals surface area contributed by atoms with Gasteiger partial charge in [0.2, 0.25) is 0 Å². The Balaban J connectivity index is 2.21. The fraction of sp³-hybridized carbons (Fsp3) is 0.375. The number of nitrogens with zero attached hydrogens (tertiary/aromatic N) is 2. The summed E-state index contributed by atoms with van der Waals surface area (Å²) in [6, 6.07) is 7.85. The topological polar surface area (TPSA) is 37.8 Å². The van der Waals surface area contributed by atoms with E-state index >= 15 is 0 Å². The van der Waals surface area contributed by atoms with Crippen molar-refractivity contribution in [2.75, 3.05) is 6.54 Å². The van der Waals surface area contributed by atoms with Gasteiger partial charge in [0.1, 0.15) is 5.82 Å². The van der Waals surface area contributed by atoms with E-state index in [9.17, 15) is 0 Å². The third-order valence-corrected chi connectivity index (χ3v) is 3.96. The number of benzene rings is 1. The minimum Gasteiger partial charge on any atom is -0.308 e. The number of halogens is 2. The summed E-state index contributed by atoms with van der Waals surface area (Å²) in [5.74, 6) is 0.782. The molecule has 112 valence electrons. The first-order chi connectivity index (χ1) is 10.1. The summed E-state index contributed by atoms with van der Waals surface area (Å²) in [5.41, 5.74) is 2.14. The van der Waals surface area contributed by atoms with Gasteiger partial charge >= 0.3 is 0 Å². The molecule has 1 aromatic heterocycles. The second-order valence-electron chi connectivity index (χ2n) is 4.99. The van der Waals surface area contributed by atoms with Crippen LogP contribution in [0.15, 0.2) is 30.5 Å². The van der Waals surface area contributed by atoms with Crippen LogP contribution in [0.4, 0.5) is 0 Å². The van der Waals surface area contributed by atoms with Crippen LogP contribution in [-0.2, 0) is 6.42 Å². The molecule has 0 radical (unpaired) electrons. The Hall–Kier alpha value is -1.16. The fourth-order valence-electron chi connectivity index (χ4n) is 2.17. The van der Waals surface area contributed by atoms with E-state index < -0.39 is 0 Å². The zero-order valence-electron chi connectivity index (χ0n) is 12.2. The predicted octanol–water partition coefficient (Wildman–Crippen LogP) is 4.38. The molecule has 1 atom stereocenters. The smallest absolute Gasteiger partial charge is 0.125 e. The first-order valence-electron chi connectivity index (χ1n) is 7.07. The number of hydrogen-bond donors (Lipinski definition) is 1. The number of rotatable bonds is 6. The van der Waals surface area contributed by atoms with Gasteiger partial charge in [0, 0.05) is 6.20 Å². The van der Waals surface area contributed by atoms with Crippen LogP contribution in [0.25, 0.3) is 0 Å². The summed E-state index contributed by atoms with van der Waals surface area (Å²) in [4.78, 5) is 8.69. The molecule has 0 saturated heterocycles. The van der Waals surface area contributed by atoms with E-state index in [1.54, 1.807) is 6.20 Å². The Morgan fingerprint density at radius 1 is 1.19 bits per heavy atom. The predicted molar refractivity (Wildman–Crippen MR) is 88.0 cm³/mol. The molecule has 2 aromatic rings. The monoisotopic (exact) mass is 323 g/mol. The van der Waals surface area contributed by atoms with Crippen LogP contribution in [0.5, 0.6) is 0 Å². The minimum absolute atomic E-state index is 0.142. The van der Waals surface area contributed by atoms with Gasteiger partial charge in [0.15, 0.2) is 0 Å². The maximum Gasteiger partial charge on any atom is 0.125 e. The molecule has 1 aromatic carbocycles. The lowest BCUT2D eigenvalue weighted by Crippen LogP contribution is -2.25. The van der Waals surface area contributed by atoms with Gasteiger partial charge < -0.3 is 5.32 Å². The van der Waals surface area contributed by atoms with Gasteiger partial charge in [-0.25, -0.2) is 9.97 Å². The minimum atomic E-state index is 0.142. The third-order valence-electron chi connectivity index (χ3n) is 3.22. The Labute approximate surface area is 135 Å². The van der Waals surface area contributed by atoms with Gasteiger partial charge in [-0.3, -0.25) is 0 Å². The highest BCUT2D eigenvalue weighted by Crippen LogP contribution is 2.25. The van der Waals surface area contributed by atoms with E-state index in [-0.39, 0.29) is 6.04 Å². The number of aromatic nitrogens is 2. The average molecular weight is 324 g/mol. The molecule has 0 saturated carbocycles. The van der Waals surface area contributed by atoms with E-state index in [0.717, 1.165) is 36.5 Å². The molecule has 3 nitrogen and oxygen atoms in total. The largest absolute Gasteiger partial charge is 0.308 e. The standard InChI is InChI=1S/C16H19Cl2N3/c1-3-7-20-16(15-6-8-19-11(2)21-15)10-12-4-5-13(17)14(18)9-12/h4-6,8-9,16,20H,3,7,10H2,1-2H3. The van der Waals surface area contributed by atoms with Crippen molar-refractivity contribution in [1.29, 1.82) is 0 Å². The van der Waals surface area contributed by atoms with E-state index in [2.05, 4.69) is 22.2 Å². The van der Waals surface area contributed by atoms with Crippen molar-refractivity contribution in [2.24, 2.45) is 0 Å². The molecule has 0 aliphatic rings. The number of aryl methyl sites for hydroxylation is 1. The van der Waals surface area contributed by atoms with Crippen LogP contribution >= 0.6 is 23.2 Å². The SMILES string of the molecule is CCCNC(Cc1ccc(Cl)c(Cl)c1)c1ccnc(C)n1.